The van der Waals surface area contributed by atoms with Crippen molar-refractivity contribution in [2.24, 2.45) is 4.99 Å². The van der Waals surface area contributed by atoms with Crippen LogP contribution in [-0.4, -0.2) is 25.0 Å². The zero-order valence-corrected chi connectivity index (χ0v) is 10.8. The monoisotopic (exact) mass is 259 g/mol. The summed E-state index contributed by atoms with van der Waals surface area (Å²) in [5.41, 5.74) is 1.95. The third-order valence-electron chi connectivity index (χ3n) is 3.24. The van der Waals surface area contributed by atoms with Gasteiger partial charge in [0.25, 0.3) is 5.91 Å². The number of amides is 1. The van der Waals surface area contributed by atoms with Crippen LogP contribution < -0.4 is 10.6 Å². The van der Waals surface area contributed by atoms with Crippen LogP contribution in [0.15, 0.2) is 29.3 Å². The Kier molecular flexibility index (Phi) is 3.21. The molecule has 0 spiro atoms. The predicted octanol–water partition coefficient (Wildman–Crippen LogP) is 1.11. The van der Waals surface area contributed by atoms with E-state index in [2.05, 4.69) is 15.6 Å². The molecule has 2 N–H and O–H groups in total. The first-order valence-electron chi connectivity index (χ1n) is 6.49. The van der Waals surface area contributed by atoms with Crippen molar-refractivity contribution in [3.05, 3.63) is 35.4 Å². The van der Waals surface area contributed by atoms with Gasteiger partial charge in [0.1, 0.15) is 0 Å². The number of carbonyl (C=O) groups is 1. The molecule has 100 valence electrons. The Bertz CT molecular complexity index is 523. The molecule has 0 bridgehead atoms. The van der Waals surface area contributed by atoms with Gasteiger partial charge in [-0.05, 0) is 24.0 Å². The van der Waals surface area contributed by atoms with Crippen molar-refractivity contribution >= 4 is 11.9 Å². The van der Waals surface area contributed by atoms with Crippen molar-refractivity contribution in [2.45, 2.75) is 31.5 Å². The molecule has 0 radical (unpaired) electrons. The molecule has 1 aromatic rings. The minimum absolute atomic E-state index is 0.0716. The summed E-state index contributed by atoms with van der Waals surface area (Å²) in [6.45, 7) is 0.541. The summed E-state index contributed by atoms with van der Waals surface area (Å²) < 4.78 is 5.11. The molecule has 5 heteroatoms. The number of rotatable bonds is 4. The maximum absolute atomic E-state index is 12.0. The minimum atomic E-state index is -0.446. The molecular formula is C14H17N3O2. The fourth-order valence-electron chi connectivity index (χ4n) is 2.14. The third-order valence-corrected chi connectivity index (χ3v) is 3.24. The van der Waals surface area contributed by atoms with Crippen LogP contribution in [0.1, 0.15) is 30.0 Å². The van der Waals surface area contributed by atoms with Crippen molar-refractivity contribution < 1.29 is 9.53 Å². The van der Waals surface area contributed by atoms with Crippen LogP contribution in [0.2, 0.25) is 0 Å². The number of guanidine groups is 1. The Hall–Kier alpha value is -1.88. The lowest BCUT2D eigenvalue weighted by atomic mass is 10.0. The van der Waals surface area contributed by atoms with E-state index < -0.39 is 6.04 Å². The molecule has 1 aliphatic heterocycles. The van der Waals surface area contributed by atoms with Crippen LogP contribution in [0.3, 0.4) is 0 Å². The van der Waals surface area contributed by atoms with E-state index in [4.69, 9.17) is 4.74 Å². The second-order valence-corrected chi connectivity index (χ2v) is 4.97. The van der Waals surface area contributed by atoms with Crippen LogP contribution in [0.5, 0.6) is 0 Å². The molecule has 3 rings (SSSR count). The van der Waals surface area contributed by atoms with Crippen molar-refractivity contribution in [1.29, 1.82) is 0 Å². The van der Waals surface area contributed by atoms with Crippen molar-refractivity contribution in [3.8, 4) is 0 Å². The summed E-state index contributed by atoms with van der Waals surface area (Å²) in [5.74, 6) is 0.535. The summed E-state index contributed by atoms with van der Waals surface area (Å²) in [5, 5.41) is 6.01. The minimum Gasteiger partial charge on any atom is -0.380 e. The number of nitrogens with one attached hydrogen (secondary N) is 2. The van der Waals surface area contributed by atoms with Crippen LogP contribution in [0.4, 0.5) is 0 Å². The highest BCUT2D eigenvalue weighted by Gasteiger charge is 2.31. The van der Waals surface area contributed by atoms with Gasteiger partial charge in [0, 0.05) is 13.2 Å². The topological polar surface area (TPSA) is 62.7 Å². The number of hydrogen-bond donors (Lipinski definition) is 2. The van der Waals surface area contributed by atoms with E-state index in [1.165, 1.54) is 0 Å². The lowest BCUT2D eigenvalue weighted by molar-refractivity contribution is -0.120. The average molecular weight is 259 g/mol. The van der Waals surface area contributed by atoms with Gasteiger partial charge in [-0.3, -0.25) is 10.1 Å². The molecule has 5 nitrogen and oxygen atoms in total. The standard InChI is InChI=1S/C14H17N3O2/c1-19-8-9-3-2-4-10(7-9)12-13(18)17-14(16-12)15-11-5-6-11/h2-4,7,11-12H,5-6,8H2,1H3,(H2,15,16,17,18). The van der Waals surface area contributed by atoms with Crippen molar-refractivity contribution in [1.82, 2.24) is 10.6 Å². The van der Waals surface area contributed by atoms with E-state index in [9.17, 15) is 4.79 Å². The molecule has 0 saturated heterocycles. The van der Waals surface area contributed by atoms with Gasteiger partial charge in [0.15, 0.2) is 12.0 Å². The quantitative estimate of drug-likeness (QED) is 0.851. The van der Waals surface area contributed by atoms with Gasteiger partial charge in [-0.15, -0.1) is 0 Å². The summed E-state index contributed by atoms with van der Waals surface area (Å²) in [4.78, 5) is 16.4. The van der Waals surface area contributed by atoms with E-state index in [0.29, 0.717) is 18.6 Å². The lowest BCUT2D eigenvalue weighted by Gasteiger charge is -2.07. The Morgan fingerprint density at radius 1 is 1.47 bits per heavy atom. The fourth-order valence-corrected chi connectivity index (χ4v) is 2.14. The molecule has 0 aromatic heterocycles. The highest BCUT2D eigenvalue weighted by Crippen LogP contribution is 2.24. The molecule has 1 amide bonds. The molecule has 1 atom stereocenters. The lowest BCUT2D eigenvalue weighted by Crippen LogP contribution is -2.37. The summed E-state index contributed by atoms with van der Waals surface area (Å²) >= 11 is 0. The first-order chi connectivity index (χ1) is 9.26. The average Bonchev–Trinajstić information content (AvgIpc) is 3.12. The summed E-state index contributed by atoms with van der Waals surface area (Å²) in [7, 11) is 1.66. The summed E-state index contributed by atoms with van der Waals surface area (Å²) in [6.07, 6.45) is 2.31. The predicted molar refractivity (Wildman–Crippen MR) is 71.6 cm³/mol. The van der Waals surface area contributed by atoms with Gasteiger partial charge in [0.05, 0.1) is 6.61 Å². The number of methoxy groups -OCH3 is 1. The second kappa shape index (κ2) is 5.01. The number of carbonyl (C=O) groups excluding carboxylic acids is 1. The van der Waals surface area contributed by atoms with Gasteiger partial charge in [0.2, 0.25) is 0 Å². The highest BCUT2D eigenvalue weighted by atomic mass is 16.5. The van der Waals surface area contributed by atoms with E-state index in [0.717, 1.165) is 24.0 Å². The third kappa shape index (κ3) is 2.76. The van der Waals surface area contributed by atoms with E-state index in [1.54, 1.807) is 7.11 Å². The van der Waals surface area contributed by atoms with Gasteiger partial charge < -0.3 is 10.1 Å². The van der Waals surface area contributed by atoms with Crippen molar-refractivity contribution in [3.63, 3.8) is 0 Å². The Balaban J connectivity index is 1.78. The van der Waals surface area contributed by atoms with Crippen molar-refractivity contribution in [2.75, 3.05) is 7.11 Å². The number of hydrogen-bond acceptors (Lipinski definition) is 4. The summed E-state index contributed by atoms with van der Waals surface area (Å²) in [6, 6.07) is 7.84. The molecule has 2 aliphatic rings. The van der Waals surface area contributed by atoms with E-state index in [1.807, 2.05) is 24.3 Å². The maximum Gasteiger partial charge on any atom is 0.256 e. The van der Waals surface area contributed by atoms with Gasteiger partial charge in [-0.1, -0.05) is 24.3 Å². The van der Waals surface area contributed by atoms with Gasteiger partial charge >= 0.3 is 0 Å². The molecule has 1 aliphatic carbocycles. The zero-order valence-electron chi connectivity index (χ0n) is 10.8. The van der Waals surface area contributed by atoms with E-state index in [-0.39, 0.29) is 5.91 Å². The fraction of sp³-hybridized carbons (Fsp3) is 0.429. The molecule has 1 heterocycles. The van der Waals surface area contributed by atoms with E-state index >= 15 is 0 Å². The molecule has 19 heavy (non-hydrogen) atoms. The maximum atomic E-state index is 12.0. The number of aliphatic imine (C=N–C) groups is 1. The second-order valence-electron chi connectivity index (χ2n) is 4.97. The highest BCUT2D eigenvalue weighted by molar-refractivity contribution is 6.05. The van der Waals surface area contributed by atoms with Gasteiger partial charge in [-0.25, -0.2) is 4.99 Å². The van der Waals surface area contributed by atoms with Crippen LogP contribution in [0.25, 0.3) is 0 Å². The van der Waals surface area contributed by atoms with Gasteiger partial charge in [-0.2, -0.15) is 0 Å². The smallest absolute Gasteiger partial charge is 0.256 e. The molecule has 1 saturated carbocycles. The largest absolute Gasteiger partial charge is 0.380 e. The SMILES string of the molecule is COCc1cccc(C2N=C(NC3CC3)NC2=O)c1. The molecule has 1 aromatic carbocycles. The number of ether oxygens (including phenoxy) is 1. The Morgan fingerprint density at radius 2 is 2.32 bits per heavy atom. The molecular weight excluding hydrogens is 242 g/mol. The Labute approximate surface area is 112 Å². The number of nitrogens with zero attached hydrogens (tertiary/aromatic N) is 1. The van der Waals surface area contributed by atoms with Crippen LogP contribution >= 0.6 is 0 Å². The molecule has 1 fully saturated rings. The molecule has 1 unspecified atom stereocenters. The normalized spacial score (nSPS) is 22.1. The number of benzene rings is 1. The first-order valence-corrected chi connectivity index (χ1v) is 6.49. The zero-order chi connectivity index (χ0) is 13.2. The first kappa shape index (κ1) is 12.2. The van der Waals surface area contributed by atoms with Crippen LogP contribution in [-0.2, 0) is 16.1 Å². The Morgan fingerprint density at radius 3 is 3.05 bits per heavy atom. The van der Waals surface area contributed by atoms with Crippen LogP contribution in [0, 0.1) is 0 Å².